The molecular formula is C22H21N3O5. The SMILES string of the molecule is Cn1cc(OCc2ccccc2)c(=O)cc1CNC(=O)Cc1ccccc1[N+](=O)[O-]. The number of hydrogen-bond donors (Lipinski definition) is 1. The zero-order valence-corrected chi connectivity index (χ0v) is 16.4. The number of rotatable bonds is 8. The normalized spacial score (nSPS) is 10.4. The van der Waals surface area contributed by atoms with E-state index in [4.69, 9.17) is 4.74 Å². The number of nitrogens with one attached hydrogen (secondary N) is 1. The van der Waals surface area contributed by atoms with Crippen molar-refractivity contribution in [3.8, 4) is 5.75 Å². The summed E-state index contributed by atoms with van der Waals surface area (Å²) in [6.45, 7) is 0.395. The summed E-state index contributed by atoms with van der Waals surface area (Å²) in [4.78, 5) is 35.1. The molecule has 0 aliphatic heterocycles. The number of nitro groups is 1. The number of pyridine rings is 1. The molecule has 1 amide bonds. The summed E-state index contributed by atoms with van der Waals surface area (Å²) in [7, 11) is 1.75. The fourth-order valence-electron chi connectivity index (χ4n) is 2.93. The summed E-state index contributed by atoms with van der Waals surface area (Å²) in [6, 6.07) is 17.0. The first-order chi connectivity index (χ1) is 14.4. The number of hydrogen-bond acceptors (Lipinski definition) is 5. The van der Waals surface area contributed by atoms with Gasteiger partial charge in [-0.2, -0.15) is 0 Å². The maximum absolute atomic E-state index is 12.3. The number of nitro benzene ring substituents is 1. The van der Waals surface area contributed by atoms with E-state index >= 15 is 0 Å². The van der Waals surface area contributed by atoms with Gasteiger partial charge in [-0.05, 0) is 5.56 Å². The van der Waals surface area contributed by atoms with Crippen LogP contribution < -0.4 is 15.5 Å². The third-order valence-corrected chi connectivity index (χ3v) is 4.55. The summed E-state index contributed by atoms with van der Waals surface area (Å²) in [5.74, 6) is -0.155. The van der Waals surface area contributed by atoms with E-state index in [0.29, 0.717) is 11.3 Å². The van der Waals surface area contributed by atoms with E-state index in [1.54, 1.807) is 36.0 Å². The summed E-state index contributed by atoms with van der Waals surface area (Å²) < 4.78 is 7.32. The molecule has 3 rings (SSSR count). The Balaban J connectivity index is 1.62. The number of benzene rings is 2. The fraction of sp³-hybridized carbons (Fsp3) is 0.182. The topological polar surface area (TPSA) is 103 Å². The van der Waals surface area contributed by atoms with Gasteiger partial charge < -0.3 is 14.6 Å². The van der Waals surface area contributed by atoms with Crippen molar-refractivity contribution < 1.29 is 14.5 Å². The van der Waals surface area contributed by atoms with Crippen molar-refractivity contribution in [3.63, 3.8) is 0 Å². The third kappa shape index (κ3) is 5.32. The average molecular weight is 407 g/mol. The first-order valence-corrected chi connectivity index (χ1v) is 9.29. The van der Waals surface area contributed by atoms with E-state index < -0.39 is 4.92 Å². The minimum Gasteiger partial charge on any atom is -0.483 e. The van der Waals surface area contributed by atoms with E-state index in [9.17, 15) is 19.7 Å². The lowest BCUT2D eigenvalue weighted by Gasteiger charge is -2.13. The number of amides is 1. The molecule has 0 unspecified atom stereocenters. The van der Waals surface area contributed by atoms with Crippen LogP contribution in [0.15, 0.2) is 71.7 Å². The van der Waals surface area contributed by atoms with Gasteiger partial charge >= 0.3 is 0 Å². The summed E-state index contributed by atoms with van der Waals surface area (Å²) >= 11 is 0. The fourth-order valence-corrected chi connectivity index (χ4v) is 2.93. The Morgan fingerprint density at radius 1 is 1.13 bits per heavy atom. The second kappa shape index (κ2) is 9.51. The molecule has 0 spiro atoms. The van der Waals surface area contributed by atoms with Gasteiger partial charge in [0.15, 0.2) is 5.75 Å². The van der Waals surface area contributed by atoms with Gasteiger partial charge in [-0.25, -0.2) is 0 Å². The molecule has 0 fully saturated rings. The van der Waals surface area contributed by atoms with Crippen molar-refractivity contribution in [1.82, 2.24) is 9.88 Å². The van der Waals surface area contributed by atoms with Crippen LogP contribution in [-0.2, 0) is 31.4 Å². The molecule has 1 N–H and O–H groups in total. The summed E-state index contributed by atoms with van der Waals surface area (Å²) in [5.41, 5.74) is 1.49. The predicted molar refractivity (Wildman–Crippen MR) is 111 cm³/mol. The molecule has 0 aliphatic carbocycles. The molecule has 0 saturated heterocycles. The van der Waals surface area contributed by atoms with Crippen molar-refractivity contribution in [3.05, 3.63) is 104 Å². The molecular weight excluding hydrogens is 386 g/mol. The Hall–Kier alpha value is -3.94. The highest BCUT2D eigenvalue weighted by Gasteiger charge is 2.15. The number of carbonyl (C=O) groups excluding carboxylic acids is 1. The Bertz CT molecular complexity index is 1110. The van der Waals surface area contributed by atoms with Crippen molar-refractivity contribution in [2.75, 3.05) is 0 Å². The largest absolute Gasteiger partial charge is 0.483 e. The average Bonchev–Trinajstić information content (AvgIpc) is 2.74. The minimum atomic E-state index is -0.513. The second-order valence-corrected chi connectivity index (χ2v) is 6.72. The summed E-state index contributed by atoms with van der Waals surface area (Å²) in [6.07, 6.45) is 1.46. The quantitative estimate of drug-likeness (QED) is 0.457. The highest BCUT2D eigenvalue weighted by molar-refractivity contribution is 5.79. The van der Waals surface area contributed by atoms with Gasteiger partial charge in [0.1, 0.15) is 6.61 Å². The molecule has 0 saturated carbocycles. The van der Waals surface area contributed by atoms with Crippen molar-refractivity contribution in [2.45, 2.75) is 19.6 Å². The molecule has 0 bridgehead atoms. The number of carbonyl (C=O) groups is 1. The van der Waals surface area contributed by atoms with Crippen LogP contribution in [0.25, 0.3) is 0 Å². The highest BCUT2D eigenvalue weighted by atomic mass is 16.6. The minimum absolute atomic E-state index is 0.0973. The zero-order valence-electron chi connectivity index (χ0n) is 16.4. The molecule has 8 heteroatoms. The number of nitrogens with zero attached hydrogens (tertiary/aromatic N) is 2. The van der Waals surface area contributed by atoms with Gasteiger partial charge in [0, 0.05) is 30.4 Å². The molecule has 1 heterocycles. The van der Waals surface area contributed by atoms with Crippen LogP contribution in [0.1, 0.15) is 16.8 Å². The monoisotopic (exact) mass is 407 g/mol. The van der Waals surface area contributed by atoms with E-state index in [2.05, 4.69) is 5.32 Å². The molecule has 8 nitrogen and oxygen atoms in total. The highest BCUT2D eigenvalue weighted by Crippen LogP contribution is 2.18. The third-order valence-electron chi connectivity index (χ3n) is 4.55. The van der Waals surface area contributed by atoms with Crippen LogP contribution in [0.2, 0.25) is 0 Å². The Labute approximate surface area is 172 Å². The number of ether oxygens (including phenoxy) is 1. The van der Waals surface area contributed by atoms with Crippen molar-refractivity contribution in [2.24, 2.45) is 7.05 Å². The van der Waals surface area contributed by atoms with E-state index in [-0.39, 0.29) is 42.3 Å². The van der Waals surface area contributed by atoms with Crippen LogP contribution in [-0.4, -0.2) is 15.4 Å². The lowest BCUT2D eigenvalue weighted by molar-refractivity contribution is -0.385. The lowest BCUT2D eigenvalue weighted by Crippen LogP contribution is -2.27. The van der Waals surface area contributed by atoms with Gasteiger partial charge in [-0.1, -0.05) is 48.5 Å². The van der Waals surface area contributed by atoms with Gasteiger partial charge in [-0.15, -0.1) is 0 Å². The van der Waals surface area contributed by atoms with Crippen molar-refractivity contribution in [1.29, 1.82) is 0 Å². The number of para-hydroxylation sites is 1. The van der Waals surface area contributed by atoms with Crippen LogP contribution in [0.4, 0.5) is 5.69 Å². The number of aromatic nitrogens is 1. The Morgan fingerprint density at radius 2 is 1.83 bits per heavy atom. The van der Waals surface area contributed by atoms with Gasteiger partial charge in [0.2, 0.25) is 11.3 Å². The second-order valence-electron chi connectivity index (χ2n) is 6.72. The Kier molecular flexibility index (Phi) is 6.59. The van der Waals surface area contributed by atoms with Crippen molar-refractivity contribution >= 4 is 11.6 Å². The molecule has 1 aromatic heterocycles. The van der Waals surface area contributed by atoms with Crippen LogP contribution >= 0.6 is 0 Å². The molecule has 3 aromatic rings. The molecule has 0 aliphatic rings. The van der Waals surface area contributed by atoms with E-state index in [0.717, 1.165) is 5.56 Å². The Morgan fingerprint density at radius 3 is 2.57 bits per heavy atom. The standard InChI is InChI=1S/C22H21N3O5/c1-24-14-21(30-15-16-7-3-2-4-8-16)20(26)12-18(24)13-23-22(27)11-17-9-5-6-10-19(17)25(28)29/h2-10,12,14H,11,13,15H2,1H3,(H,23,27). The first kappa shape index (κ1) is 20.8. The molecule has 0 radical (unpaired) electrons. The van der Waals surface area contributed by atoms with Crippen LogP contribution in [0, 0.1) is 10.1 Å². The first-order valence-electron chi connectivity index (χ1n) is 9.29. The van der Waals surface area contributed by atoms with Gasteiger partial charge in [-0.3, -0.25) is 19.7 Å². The predicted octanol–water partition coefficient (Wildman–Crippen LogP) is 2.73. The maximum atomic E-state index is 12.3. The molecule has 2 aromatic carbocycles. The molecule has 30 heavy (non-hydrogen) atoms. The van der Waals surface area contributed by atoms with Gasteiger partial charge in [0.05, 0.1) is 24.1 Å². The number of aryl methyl sites for hydroxylation is 1. The van der Waals surface area contributed by atoms with E-state index in [1.165, 1.54) is 12.1 Å². The summed E-state index contributed by atoms with van der Waals surface area (Å²) in [5, 5.41) is 13.8. The maximum Gasteiger partial charge on any atom is 0.273 e. The van der Waals surface area contributed by atoms with Crippen LogP contribution in [0.3, 0.4) is 0 Å². The lowest BCUT2D eigenvalue weighted by atomic mass is 10.1. The van der Waals surface area contributed by atoms with Crippen LogP contribution in [0.5, 0.6) is 5.75 Å². The zero-order chi connectivity index (χ0) is 21.5. The van der Waals surface area contributed by atoms with E-state index in [1.807, 2.05) is 30.3 Å². The molecule has 0 atom stereocenters. The molecule has 154 valence electrons. The van der Waals surface area contributed by atoms with Gasteiger partial charge in [0.25, 0.3) is 5.69 Å². The smallest absolute Gasteiger partial charge is 0.273 e.